The number of ether oxygens (including phenoxy) is 1. The van der Waals surface area contributed by atoms with Crippen molar-refractivity contribution in [2.24, 2.45) is 0 Å². The van der Waals surface area contributed by atoms with E-state index in [2.05, 4.69) is 30.5 Å². The molecule has 0 aliphatic carbocycles. The molecule has 1 amide bonds. The molecule has 0 unspecified atom stereocenters. The van der Waals surface area contributed by atoms with Gasteiger partial charge in [0.25, 0.3) is 5.91 Å². The van der Waals surface area contributed by atoms with E-state index in [1.165, 1.54) is 17.0 Å². The number of piperidine rings is 1. The summed E-state index contributed by atoms with van der Waals surface area (Å²) in [5, 5.41) is 0. The van der Waals surface area contributed by atoms with Gasteiger partial charge in [0, 0.05) is 30.5 Å². The molecule has 1 aromatic heterocycles. The van der Waals surface area contributed by atoms with Gasteiger partial charge in [-0.25, -0.2) is 0 Å². The first kappa shape index (κ1) is 16.6. The first-order valence-electron chi connectivity index (χ1n) is 8.66. The van der Waals surface area contributed by atoms with Crippen molar-refractivity contribution in [3.63, 3.8) is 0 Å². The summed E-state index contributed by atoms with van der Waals surface area (Å²) in [6.07, 6.45) is 2.01. The number of benzene rings is 1. The van der Waals surface area contributed by atoms with Crippen molar-refractivity contribution < 1.29 is 9.53 Å². The molecule has 0 radical (unpaired) electrons. The highest BCUT2D eigenvalue weighted by Gasteiger charge is 2.25. The Bertz CT molecular complexity index is 675. The number of carbonyl (C=O) groups excluding carboxylic acids is 1. The van der Waals surface area contributed by atoms with Crippen LogP contribution in [0.2, 0.25) is 0 Å². The van der Waals surface area contributed by atoms with Crippen molar-refractivity contribution in [2.75, 3.05) is 19.7 Å². The zero-order chi connectivity index (χ0) is 17.1. The summed E-state index contributed by atoms with van der Waals surface area (Å²) in [7, 11) is 0. The molecule has 1 aliphatic rings. The summed E-state index contributed by atoms with van der Waals surface area (Å²) in [6.45, 7) is 8.07. The lowest BCUT2D eigenvalue weighted by atomic mass is 10.0. The van der Waals surface area contributed by atoms with Gasteiger partial charge in [0.15, 0.2) is 6.61 Å². The first-order valence-corrected chi connectivity index (χ1v) is 8.66. The van der Waals surface area contributed by atoms with Gasteiger partial charge in [0.1, 0.15) is 5.75 Å². The maximum Gasteiger partial charge on any atom is 0.260 e. The van der Waals surface area contributed by atoms with Gasteiger partial charge in [-0.2, -0.15) is 0 Å². The molecular formula is C20H26N2O2. The van der Waals surface area contributed by atoms with Crippen molar-refractivity contribution in [1.29, 1.82) is 0 Å². The number of carbonyl (C=O) groups is 1. The predicted molar refractivity (Wildman–Crippen MR) is 95.4 cm³/mol. The fourth-order valence-corrected chi connectivity index (χ4v) is 3.50. The lowest BCUT2D eigenvalue weighted by Gasteiger charge is -2.34. The van der Waals surface area contributed by atoms with Crippen LogP contribution in [0.5, 0.6) is 5.75 Å². The van der Waals surface area contributed by atoms with Crippen LogP contribution in [0.15, 0.2) is 36.4 Å². The fraction of sp³-hybridized carbons (Fsp3) is 0.450. The van der Waals surface area contributed by atoms with Crippen molar-refractivity contribution in [3.8, 4) is 5.75 Å². The number of amides is 1. The number of hydrogen-bond donors (Lipinski definition) is 0. The summed E-state index contributed by atoms with van der Waals surface area (Å²) in [5.74, 6) is 0.831. The van der Waals surface area contributed by atoms with Gasteiger partial charge < -0.3 is 14.2 Å². The molecule has 24 heavy (non-hydrogen) atoms. The molecule has 4 heteroatoms. The van der Waals surface area contributed by atoms with Crippen LogP contribution in [0.25, 0.3) is 0 Å². The van der Waals surface area contributed by atoms with Gasteiger partial charge in [-0.05, 0) is 57.9 Å². The van der Waals surface area contributed by atoms with Gasteiger partial charge in [-0.15, -0.1) is 0 Å². The van der Waals surface area contributed by atoms with Crippen molar-refractivity contribution in [2.45, 2.75) is 39.7 Å². The summed E-state index contributed by atoms with van der Waals surface area (Å²) in [5.41, 5.74) is 3.80. The van der Waals surface area contributed by atoms with E-state index in [4.69, 9.17) is 4.74 Å². The normalized spacial score (nSPS) is 15.5. The molecule has 0 saturated carbocycles. The maximum atomic E-state index is 12.4. The van der Waals surface area contributed by atoms with E-state index < -0.39 is 0 Å². The van der Waals surface area contributed by atoms with Crippen LogP contribution in [-0.4, -0.2) is 35.1 Å². The highest BCUT2D eigenvalue weighted by molar-refractivity contribution is 5.77. The minimum atomic E-state index is 0.0787. The Balaban J connectivity index is 1.51. The fourth-order valence-electron chi connectivity index (χ4n) is 3.50. The third kappa shape index (κ3) is 3.64. The second kappa shape index (κ2) is 7.12. The monoisotopic (exact) mass is 326 g/mol. The summed E-state index contributed by atoms with van der Waals surface area (Å²) >= 11 is 0. The molecule has 1 saturated heterocycles. The summed E-state index contributed by atoms with van der Waals surface area (Å²) < 4.78 is 8.02. The molecule has 0 spiro atoms. The van der Waals surface area contributed by atoms with Crippen molar-refractivity contribution in [1.82, 2.24) is 9.47 Å². The van der Waals surface area contributed by atoms with Gasteiger partial charge in [0.2, 0.25) is 0 Å². The second-order valence-electron chi connectivity index (χ2n) is 6.70. The molecule has 1 aliphatic heterocycles. The third-order valence-corrected chi connectivity index (χ3v) is 4.89. The Hall–Kier alpha value is -2.23. The van der Waals surface area contributed by atoms with Gasteiger partial charge >= 0.3 is 0 Å². The first-order chi connectivity index (χ1) is 11.5. The van der Waals surface area contributed by atoms with Crippen LogP contribution in [0.4, 0.5) is 0 Å². The second-order valence-corrected chi connectivity index (χ2v) is 6.70. The molecule has 128 valence electrons. The zero-order valence-corrected chi connectivity index (χ0v) is 14.8. The summed E-state index contributed by atoms with van der Waals surface area (Å²) in [4.78, 5) is 14.3. The van der Waals surface area contributed by atoms with Gasteiger partial charge in [0.05, 0.1) is 0 Å². The molecule has 1 aromatic carbocycles. The third-order valence-electron chi connectivity index (χ3n) is 4.89. The van der Waals surface area contributed by atoms with Crippen LogP contribution in [-0.2, 0) is 4.79 Å². The number of aryl methyl sites for hydroxylation is 3. The van der Waals surface area contributed by atoms with Crippen LogP contribution in [0.3, 0.4) is 0 Å². The van der Waals surface area contributed by atoms with E-state index in [0.717, 1.165) is 31.7 Å². The quantitative estimate of drug-likeness (QED) is 0.859. The summed E-state index contributed by atoms with van der Waals surface area (Å²) in [6, 6.07) is 12.6. The lowest BCUT2D eigenvalue weighted by Crippen LogP contribution is -2.41. The van der Waals surface area contributed by atoms with E-state index in [1.807, 2.05) is 36.1 Å². The molecular weight excluding hydrogens is 300 g/mol. The van der Waals surface area contributed by atoms with E-state index in [9.17, 15) is 4.79 Å². The van der Waals surface area contributed by atoms with Crippen molar-refractivity contribution in [3.05, 3.63) is 53.3 Å². The average Bonchev–Trinajstić information content (AvgIpc) is 2.93. The van der Waals surface area contributed by atoms with E-state index in [-0.39, 0.29) is 12.5 Å². The van der Waals surface area contributed by atoms with Crippen LogP contribution < -0.4 is 4.74 Å². The molecule has 2 heterocycles. The number of rotatable bonds is 4. The van der Waals surface area contributed by atoms with Crippen LogP contribution in [0, 0.1) is 20.8 Å². The molecule has 0 bridgehead atoms. The van der Waals surface area contributed by atoms with Crippen LogP contribution >= 0.6 is 0 Å². The molecule has 2 aromatic rings. The van der Waals surface area contributed by atoms with E-state index in [0.29, 0.717) is 6.04 Å². The number of nitrogens with zero attached hydrogens (tertiary/aromatic N) is 2. The Morgan fingerprint density at radius 3 is 2.17 bits per heavy atom. The lowest BCUT2D eigenvalue weighted by molar-refractivity contribution is -0.134. The molecule has 0 N–H and O–H groups in total. The standard InChI is InChI=1S/C20H26N2O2/c1-15-4-8-19(9-5-15)24-14-20(23)21-12-10-18(11-13-21)22-16(2)6-7-17(22)3/h4-9,18H,10-14H2,1-3H3. The molecule has 0 atom stereocenters. The Labute approximate surface area is 144 Å². The van der Waals surface area contributed by atoms with Gasteiger partial charge in [-0.3, -0.25) is 4.79 Å². The molecule has 3 rings (SSSR count). The average molecular weight is 326 g/mol. The predicted octanol–water partition coefficient (Wildman–Crippen LogP) is 3.66. The zero-order valence-electron chi connectivity index (χ0n) is 14.8. The Morgan fingerprint density at radius 2 is 1.58 bits per heavy atom. The van der Waals surface area contributed by atoms with E-state index >= 15 is 0 Å². The number of likely N-dealkylation sites (tertiary alicyclic amines) is 1. The van der Waals surface area contributed by atoms with Gasteiger partial charge in [-0.1, -0.05) is 17.7 Å². The Kier molecular flexibility index (Phi) is 4.93. The highest BCUT2D eigenvalue weighted by atomic mass is 16.5. The van der Waals surface area contributed by atoms with Crippen LogP contribution in [0.1, 0.15) is 35.8 Å². The minimum absolute atomic E-state index is 0.0787. The van der Waals surface area contributed by atoms with Crippen molar-refractivity contribution >= 4 is 5.91 Å². The van der Waals surface area contributed by atoms with E-state index in [1.54, 1.807) is 0 Å². The Morgan fingerprint density at radius 1 is 1.00 bits per heavy atom. The SMILES string of the molecule is Cc1ccc(OCC(=O)N2CCC(n3c(C)ccc3C)CC2)cc1. The smallest absolute Gasteiger partial charge is 0.260 e. The maximum absolute atomic E-state index is 12.4. The minimum Gasteiger partial charge on any atom is -0.484 e. The largest absolute Gasteiger partial charge is 0.484 e. The highest BCUT2D eigenvalue weighted by Crippen LogP contribution is 2.26. The topological polar surface area (TPSA) is 34.5 Å². The number of aromatic nitrogens is 1. The molecule has 1 fully saturated rings. The number of hydrogen-bond acceptors (Lipinski definition) is 2. The molecule has 4 nitrogen and oxygen atoms in total.